The molecule has 4 heteroatoms. The van der Waals surface area contributed by atoms with Gasteiger partial charge in [-0.05, 0) is 44.9 Å². The molecular formula is C15H24N2O2. The lowest BCUT2D eigenvalue weighted by atomic mass is 10.1. The van der Waals surface area contributed by atoms with Gasteiger partial charge in [0.25, 0.3) is 5.91 Å². The van der Waals surface area contributed by atoms with Crippen molar-refractivity contribution >= 4 is 5.91 Å². The predicted octanol–water partition coefficient (Wildman–Crippen LogP) is 1.82. The van der Waals surface area contributed by atoms with Crippen molar-refractivity contribution in [1.82, 2.24) is 4.90 Å². The molecule has 0 bridgehead atoms. The molecule has 0 saturated carbocycles. The van der Waals surface area contributed by atoms with Gasteiger partial charge in [-0.3, -0.25) is 4.79 Å². The number of nitrogens with zero attached hydrogens (tertiary/aromatic N) is 1. The maximum Gasteiger partial charge on any atom is 0.260 e. The van der Waals surface area contributed by atoms with E-state index in [0.29, 0.717) is 13.1 Å². The molecule has 106 valence electrons. The van der Waals surface area contributed by atoms with E-state index < -0.39 is 0 Å². The van der Waals surface area contributed by atoms with Gasteiger partial charge in [-0.25, -0.2) is 0 Å². The van der Waals surface area contributed by atoms with Crippen molar-refractivity contribution in [2.75, 3.05) is 19.7 Å². The third-order valence-corrected chi connectivity index (χ3v) is 2.93. The van der Waals surface area contributed by atoms with Gasteiger partial charge >= 0.3 is 0 Å². The summed E-state index contributed by atoms with van der Waals surface area (Å²) < 4.78 is 5.54. The maximum absolute atomic E-state index is 11.8. The average Bonchev–Trinajstić information content (AvgIpc) is 2.37. The number of likely N-dealkylation sites (N-methyl/N-ethyl adjacent to an activating group) is 1. The van der Waals surface area contributed by atoms with E-state index >= 15 is 0 Å². The van der Waals surface area contributed by atoms with Crippen molar-refractivity contribution in [3.05, 3.63) is 29.8 Å². The minimum atomic E-state index is 0.0163. The highest BCUT2D eigenvalue weighted by Gasteiger charge is 2.10. The molecule has 1 unspecified atom stereocenters. The topological polar surface area (TPSA) is 55.6 Å². The number of ether oxygens (including phenoxy) is 1. The highest BCUT2D eigenvalue weighted by Crippen LogP contribution is 2.14. The molecule has 2 N–H and O–H groups in total. The van der Waals surface area contributed by atoms with Crippen LogP contribution in [0.1, 0.15) is 26.3 Å². The molecule has 0 fully saturated rings. The standard InChI is InChI=1S/C15H24N2O2/c1-4-17(5-2)15(18)11-19-14-8-6-7-13(10-14)9-12(3)16/h6-8,10,12H,4-5,9,11,16H2,1-3H3. The van der Waals surface area contributed by atoms with E-state index in [-0.39, 0.29) is 18.6 Å². The third kappa shape index (κ3) is 5.30. The van der Waals surface area contributed by atoms with E-state index in [9.17, 15) is 4.79 Å². The van der Waals surface area contributed by atoms with Crippen LogP contribution in [0.4, 0.5) is 0 Å². The zero-order chi connectivity index (χ0) is 14.3. The maximum atomic E-state index is 11.8. The molecule has 0 aromatic heterocycles. The monoisotopic (exact) mass is 264 g/mol. The first-order valence-corrected chi connectivity index (χ1v) is 6.81. The largest absolute Gasteiger partial charge is 0.484 e. The number of nitrogens with two attached hydrogens (primary N) is 1. The van der Waals surface area contributed by atoms with Gasteiger partial charge in [0.15, 0.2) is 6.61 Å². The van der Waals surface area contributed by atoms with Gasteiger partial charge in [0.05, 0.1) is 0 Å². The summed E-state index contributed by atoms with van der Waals surface area (Å²) in [6.07, 6.45) is 0.807. The second kappa shape index (κ2) is 7.79. The summed E-state index contributed by atoms with van der Waals surface area (Å²) >= 11 is 0. The van der Waals surface area contributed by atoms with Gasteiger partial charge in [-0.2, -0.15) is 0 Å². The van der Waals surface area contributed by atoms with Gasteiger partial charge in [-0.1, -0.05) is 12.1 Å². The van der Waals surface area contributed by atoms with Gasteiger partial charge < -0.3 is 15.4 Å². The first-order valence-electron chi connectivity index (χ1n) is 6.81. The van der Waals surface area contributed by atoms with Crippen LogP contribution in [0.5, 0.6) is 5.75 Å². The van der Waals surface area contributed by atoms with Crippen molar-refractivity contribution < 1.29 is 9.53 Å². The van der Waals surface area contributed by atoms with Crippen LogP contribution in [0, 0.1) is 0 Å². The zero-order valence-corrected chi connectivity index (χ0v) is 12.1. The number of hydrogen-bond donors (Lipinski definition) is 1. The molecule has 19 heavy (non-hydrogen) atoms. The van der Waals surface area contributed by atoms with Crippen LogP contribution in [0.15, 0.2) is 24.3 Å². The molecule has 1 aromatic rings. The lowest BCUT2D eigenvalue weighted by Crippen LogP contribution is -2.34. The molecule has 0 spiro atoms. The Hall–Kier alpha value is -1.55. The molecule has 0 saturated heterocycles. The summed E-state index contributed by atoms with van der Waals surface area (Å²) in [5, 5.41) is 0. The number of benzene rings is 1. The predicted molar refractivity (Wildman–Crippen MR) is 77.2 cm³/mol. The molecular weight excluding hydrogens is 240 g/mol. The summed E-state index contributed by atoms with van der Waals surface area (Å²) in [4.78, 5) is 13.6. The van der Waals surface area contributed by atoms with Crippen LogP contribution in [-0.2, 0) is 11.2 Å². The van der Waals surface area contributed by atoms with Gasteiger partial charge in [-0.15, -0.1) is 0 Å². The van der Waals surface area contributed by atoms with Gasteiger partial charge in [0, 0.05) is 19.1 Å². The summed E-state index contributed by atoms with van der Waals surface area (Å²) in [6, 6.07) is 7.86. The molecule has 0 heterocycles. The van der Waals surface area contributed by atoms with E-state index in [0.717, 1.165) is 17.7 Å². The fourth-order valence-electron chi connectivity index (χ4n) is 1.95. The Balaban J connectivity index is 2.55. The Morgan fingerprint density at radius 3 is 2.63 bits per heavy atom. The number of carbonyl (C=O) groups is 1. The fourth-order valence-corrected chi connectivity index (χ4v) is 1.95. The Labute approximate surface area is 115 Å². The van der Waals surface area contributed by atoms with Gasteiger partial charge in [0.2, 0.25) is 0 Å². The summed E-state index contributed by atoms with van der Waals surface area (Å²) in [5.41, 5.74) is 6.90. The quantitative estimate of drug-likeness (QED) is 0.817. The molecule has 1 rings (SSSR count). The second-order valence-electron chi connectivity index (χ2n) is 4.68. The first kappa shape index (κ1) is 15.5. The summed E-state index contributed by atoms with van der Waals surface area (Å²) in [5.74, 6) is 0.737. The lowest BCUT2D eigenvalue weighted by Gasteiger charge is -2.18. The number of hydrogen-bond acceptors (Lipinski definition) is 3. The van der Waals surface area contributed by atoms with Gasteiger partial charge in [0.1, 0.15) is 5.75 Å². The SMILES string of the molecule is CCN(CC)C(=O)COc1cccc(CC(C)N)c1. The third-order valence-electron chi connectivity index (χ3n) is 2.93. The Morgan fingerprint density at radius 2 is 2.05 bits per heavy atom. The molecule has 1 atom stereocenters. The molecule has 0 aliphatic rings. The van der Waals surface area contributed by atoms with Crippen LogP contribution in [0.25, 0.3) is 0 Å². The van der Waals surface area contributed by atoms with E-state index in [4.69, 9.17) is 10.5 Å². The summed E-state index contributed by atoms with van der Waals surface area (Å²) in [6.45, 7) is 7.41. The smallest absolute Gasteiger partial charge is 0.260 e. The summed E-state index contributed by atoms with van der Waals surface area (Å²) in [7, 11) is 0. The Bertz CT molecular complexity index is 401. The van der Waals surface area contributed by atoms with Crippen molar-refractivity contribution in [2.24, 2.45) is 5.73 Å². The number of rotatable bonds is 7. The minimum absolute atomic E-state index is 0.0163. The Kier molecular flexibility index (Phi) is 6.36. The Morgan fingerprint density at radius 1 is 1.37 bits per heavy atom. The molecule has 4 nitrogen and oxygen atoms in total. The fraction of sp³-hybridized carbons (Fsp3) is 0.533. The van der Waals surface area contributed by atoms with Crippen LogP contribution in [0.3, 0.4) is 0 Å². The van der Waals surface area contributed by atoms with Crippen LogP contribution in [-0.4, -0.2) is 36.5 Å². The van der Waals surface area contributed by atoms with E-state index in [1.165, 1.54) is 0 Å². The second-order valence-corrected chi connectivity index (χ2v) is 4.68. The molecule has 0 radical (unpaired) electrons. The normalized spacial score (nSPS) is 12.0. The molecule has 0 aliphatic heterocycles. The molecule has 1 amide bonds. The van der Waals surface area contributed by atoms with Crippen molar-refractivity contribution in [3.63, 3.8) is 0 Å². The average molecular weight is 264 g/mol. The minimum Gasteiger partial charge on any atom is -0.484 e. The molecule has 0 aliphatic carbocycles. The van der Waals surface area contributed by atoms with Crippen LogP contribution in [0.2, 0.25) is 0 Å². The first-order chi connectivity index (χ1) is 9.06. The van der Waals surface area contributed by atoms with Crippen LogP contribution >= 0.6 is 0 Å². The van der Waals surface area contributed by atoms with E-state index in [1.807, 2.05) is 45.0 Å². The van der Waals surface area contributed by atoms with Crippen molar-refractivity contribution in [2.45, 2.75) is 33.2 Å². The van der Waals surface area contributed by atoms with Crippen molar-refractivity contribution in [1.29, 1.82) is 0 Å². The lowest BCUT2D eigenvalue weighted by molar-refractivity contribution is -0.132. The number of amides is 1. The van der Waals surface area contributed by atoms with Crippen LogP contribution < -0.4 is 10.5 Å². The van der Waals surface area contributed by atoms with Crippen molar-refractivity contribution in [3.8, 4) is 5.75 Å². The van der Waals surface area contributed by atoms with E-state index in [2.05, 4.69) is 0 Å². The zero-order valence-electron chi connectivity index (χ0n) is 12.1. The number of carbonyl (C=O) groups excluding carboxylic acids is 1. The molecule has 1 aromatic carbocycles. The highest BCUT2D eigenvalue weighted by atomic mass is 16.5. The highest BCUT2D eigenvalue weighted by molar-refractivity contribution is 5.77. The van der Waals surface area contributed by atoms with E-state index in [1.54, 1.807) is 4.90 Å².